The molecule has 1 aromatic heterocycles. The molecule has 1 aliphatic heterocycles. The van der Waals surface area contributed by atoms with Crippen molar-refractivity contribution in [3.8, 4) is 5.88 Å². The Bertz CT molecular complexity index is 993. The van der Waals surface area contributed by atoms with E-state index in [4.69, 9.17) is 30.3 Å². The highest BCUT2D eigenvalue weighted by atomic mass is 31.3. The summed E-state index contributed by atoms with van der Waals surface area (Å²) >= 11 is 0. The molecule has 19 nitrogen and oxygen atoms in total. The number of nitrogens with zero attached hydrogens (tertiary/aromatic N) is 3. The summed E-state index contributed by atoms with van der Waals surface area (Å²) in [6.45, 7) is -0.764. The van der Waals surface area contributed by atoms with Gasteiger partial charge in [0.05, 0.1) is 6.61 Å². The Morgan fingerprint density at radius 2 is 1.67 bits per heavy atom. The van der Waals surface area contributed by atoms with Gasteiger partial charge in [0.25, 0.3) is 5.88 Å². The normalized spacial score (nSPS) is 28.6. The maximum Gasteiger partial charge on any atom is 0.537 e. The van der Waals surface area contributed by atoms with Crippen molar-refractivity contribution in [1.29, 1.82) is 0 Å². The molecule has 9 N–H and O–H groups in total. The smallest absolute Gasteiger partial charge is 0.394 e. The number of phosphoric acid groups is 3. The van der Waals surface area contributed by atoms with Crippen molar-refractivity contribution in [3.05, 3.63) is 10.5 Å². The van der Waals surface area contributed by atoms with Gasteiger partial charge in [0.1, 0.15) is 18.3 Å². The van der Waals surface area contributed by atoms with Crippen LogP contribution in [0.1, 0.15) is 6.23 Å². The van der Waals surface area contributed by atoms with Gasteiger partial charge < -0.3 is 45.0 Å². The molecular weight excluding hydrogens is 485 g/mol. The van der Waals surface area contributed by atoms with E-state index < -0.39 is 72.0 Å². The summed E-state index contributed by atoms with van der Waals surface area (Å²) in [6.07, 6.45) is -6.58. The van der Waals surface area contributed by atoms with Gasteiger partial charge in [0.15, 0.2) is 12.0 Å². The quantitative estimate of drug-likeness (QED) is 0.161. The number of aromatic nitrogens is 3. The van der Waals surface area contributed by atoms with Gasteiger partial charge in [-0.05, 0) is 0 Å². The second-order valence-corrected chi connectivity index (χ2v) is 9.78. The van der Waals surface area contributed by atoms with Crippen LogP contribution in [-0.2, 0) is 27.1 Å². The monoisotopic (exact) mass is 500 g/mol. The summed E-state index contributed by atoms with van der Waals surface area (Å²) in [5.41, 5.74) is 3.99. The predicted molar refractivity (Wildman–Crippen MR) is 88.2 cm³/mol. The highest BCUT2D eigenvalue weighted by molar-refractivity contribution is 7.66. The molecule has 0 saturated carbocycles. The number of hydrogen-bond acceptors (Lipinski definition) is 14. The zero-order valence-electron chi connectivity index (χ0n) is 14.2. The molecule has 2 unspecified atom stereocenters. The van der Waals surface area contributed by atoms with Gasteiger partial charge in [-0.25, -0.2) is 18.5 Å². The average Bonchev–Trinajstić information content (AvgIpc) is 2.81. The van der Waals surface area contributed by atoms with E-state index in [1.54, 1.807) is 0 Å². The van der Waals surface area contributed by atoms with Gasteiger partial charge in [-0.2, -0.15) is 18.3 Å². The van der Waals surface area contributed by atoms with Crippen LogP contribution in [0.5, 0.6) is 5.88 Å². The zero-order valence-corrected chi connectivity index (χ0v) is 16.9. The SMILES string of the molecule is Nc1nc(=O)n([C@@H]2O[C@H](CO)[C@@H](O)[C@H]2O)nc1OP(=O)(O)OP(=O)(O)OP(=O)(O)O. The van der Waals surface area contributed by atoms with E-state index in [0.717, 1.165) is 0 Å². The van der Waals surface area contributed by atoms with Gasteiger partial charge in [0, 0.05) is 0 Å². The molecule has 0 bridgehead atoms. The second-order valence-electron chi connectivity index (χ2n) is 5.44. The van der Waals surface area contributed by atoms with Gasteiger partial charge in [-0.15, -0.1) is 5.10 Å². The number of rotatable bonds is 8. The molecule has 6 atom stereocenters. The van der Waals surface area contributed by atoms with E-state index in [-0.39, 0.29) is 4.68 Å². The molecule has 2 rings (SSSR count). The van der Waals surface area contributed by atoms with Crippen LogP contribution < -0.4 is 15.9 Å². The Hall–Kier alpha value is -1.30. The summed E-state index contributed by atoms with van der Waals surface area (Å²) < 4.78 is 50.3. The first kappa shape index (κ1) is 25.0. The Morgan fingerprint density at radius 3 is 2.17 bits per heavy atom. The maximum absolute atomic E-state index is 11.9. The van der Waals surface area contributed by atoms with Crippen LogP contribution in [0.25, 0.3) is 0 Å². The Balaban J connectivity index is 2.32. The molecule has 1 saturated heterocycles. The number of hydrogen-bond donors (Lipinski definition) is 8. The minimum atomic E-state index is -5.84. The van der Waals surface area contributed by atoms with Crippen LogP contribution in [0.15, 0.2) is 4.79 Å². The lowest BCUT2D eigenvalue weighted by atomic mass is 10.1. The third-order valence-corrected chi connectivity index (χ3v) is 6.94. The van der Waals surface area contributed by atoms with Crippen LogP contribution in [0.4, 0.5) is 5.82 Å². The lowest BCUT2D eigenvalue weighted by Crippen LogP contribution is -2.37. The molecule has 0 aliphatic carbocycles. The van der Waals surface area contributed by atoms with E-state index in [1.165, 1.54) is 0 Å². The van der Waals surface area contributed by atoms with E-state index in [2.05, 4.69) is 23.2 Å². The fourth-order valence-corrected chi connectivity index (χ4v) is 5.10. The van der Waals surface area contributed by atoms with Crippen LogP contribution in [-0.4, -0.2) is 74.6 Å². The minimum absolute atomic E-state index is 0.208. The lowest BCUT2D eigenvalue weighted by Gasteiger charge is -2.19. The number of phosphoric ester groups is 1. The Kier molecular flexibility index (Phi) is 7.22. The maximum atomic E-state index is 11.9. The van der Waals surface area contributed by atoms with E-state index in [0.29, 0.717) is 0 Å². The molecule has 1 fully saturated rings. The van der Waals surface area contributed by atoms with Crippen LogP contribution in [0.2, 0.25) is 0 Å². The third-order valence-electron chi connectivity index (χ3n) is 3.21. The zero-order chi connectivity index (χ0) is 23.1. The molecule has 2 heterocycles. The number of nitrogens with two attached hydrogens (primary N) is 1. The van der Waals surface area contributed by atoms with Crippen molar-refractivity contribution in [2.24, 2.45) is 0 Å². The number of aliphatic hydroxyl groups excluding tert-OH is 3. The number of nitrogen functional groups attached to an aromatic ring is 1. The molecule has 30 heavy (non-hydrogen) atoms. The predicted octanol–water partition coefficient (Wildman–Crippen LogP) is -3.46. The van der Waals surface area contributed by atoms with Gasteiger partial charge in [-0.1, -0.05) is 0 Å². The standard InChI is InChI=1S/C8H15N4O15P3/c9-5-6(25-29(20,21)27-30(22,23)26-28(17,18)19)11-12(8(16)10-5)7-4(15)3(14)2(1-13)24-7/h2-4,7,13-15H,1H2,(H,20,21)(H,22,23)(H2,9,10,16)(H2,17,18,19)/t2-,3-,4-,7-/m1/s1. The Labute approximate surface area is 164 Å². The van der Waals surface area contributed by atoms with Crippen molar-refractivity contribution in [2.45, 2.75) is 24.5 Å². The minimum Gasteiger partial charge on any atom is -0.394 e. The molecule has 22 heteroatoms. The van der Waals surface area contributed by atoms with Crippen LogP contribution in [0, 0.1) is 0 Å². The highest BCUT2D eigenvalue weighted by Crippen LogP contribution is 2.66. The van der Waals surface area contributed by atoms with Crippen LogP contribution >= 0.6 is 23.5 Å². The van der Waals surface area contributed by atoms with Gasteiger partial charge in [0.2, 0.25) is 0 Å². The van der Waals surface area contributed by atoms with Crippen molar-refractivity contribution < 1.29 is 66.5 Å². The molecule has 1 aliphatic rings. The molecule has 0 spiro atoms. The fraction of sp³-hybridized carbons (Fsp3) is 0.625. The molecule has 172 valence electrons. The number of ether oxygens (including phenoxy) is 1. The molecule has 1 aromatic rings. The van der Waals surface area contributed by atoms with Gasteiger partial charge in [-0.3, -0.25) is 4.89 Å². The topological polar surface area (TPSA) is 304 Å². The van der Waals surface area contributed by atoms with E-state index >= 15 is 0 Å². The van der Waals surface area contributed by atoms with Crippen molar-refractivity contribution in [2.75, 3.05) is 12.3 Å². The van der Waals surface area contributed by atoms with Crippen LogP contribution in [0.3, 0.4) is 0 Å². The first-order valence-corrected chi connectivity index (χ1v) is 11.8. The first-order chi connectivity index (χ1) is 13.6. The fourth-order valence-electron chi connectivity index (χ4n) is 2.11. The number of anilines is 1. The molecule has 0 radical (unpaired) electrons. The summed E-state index contributed by atoms with van der Waals surface area (Å²) in [7, 11) is -17.2. The summed E-state index contributed by atoms with van der Waals surface area (Å²) in [6, 6.07) is 0. The number of aliphatic hydroxyl groups is 3. The lowest BCUT2D eigenvalue weighted by molar-refractivity contribution is -0.0621. The first-order valence-electron chi connectivity index (χ1n) is 7.27. The largest absolute Gasteiger partial charge is 0.537 e. The summed E-state index contributed by atoms with van der Waals surface area (Å²) in [5, 5.41) is 32.0. The Morgan fingerprint density at radius 1 is 1.07 bits per heavy atom. The van der Waals surface area contributed by atoms with Crippen molar-refractivity contribution in [1.82, 2.24) is 14.8 Å². The summed E-state index contributed by atoms with van der Waals surface area (Å²) in [4.78, 5) is 50.6. The van der Waals surface area contributed by atoms with E-state index in [9.17, 15) is 33.6 Å². The van der Waals surface area contributed by atoms with Crippen molar-refractivity contribution >= 4 is 29.3 Å². The summed E-state index contributed by atoms with van der Waals surface area (Å²) in [5.74, 6) is -2.14. The van der Waals surface area contributed by atoms with Crippen molar-refractivity contribution in [3.63, 3.8) is 0 Å². The molecular formula is C8H15N4O15P3. The molecule has 0 aromatic carbocycles. The third kappa shape index (κ3) is 6.12. The van der Waals surface area contributed by atoms with Gasteiger partial charge >= 0.3 is 29.2 Å². The van der Waals surface area contributed by atoms with E-state index in [1.807, 2.05) is 0 Å². The average molecular weight is 500 g/mol. The highest BCUT2D eigenvalue weighted by Gasteiger charge is 2.45. The second kappa shape index (κ2) is 8.68. The molecule has 0 amide bonds.